The van der Waals surface area contributed by atoms with Crippen LogP contribution in [0.4, 0.5) is 4.39 Å². The fourth-order valence-electron chi connectivity index (χ4n) is 3.27. The highest BCUT2D eigenvalue weighted by Crippen LogP contribution is 2.23. The molecule has 1 aliphatic rings. The SMILES string of the molecule is CCCC[C@H](CN(O)C=O)C(=O)N1CCCC1C(=O)N=c1ccc(F)cn1O. The number of hydrogen-bond acceptors (Lipinski definition) is 5. The Labute approximate surface area is 161 Å². The Balaban J connectivity index is 2.20. The van der Waals surface area contributed by atoms with Crippen LogP contribution in [0.2, 0.25) is 0 Å². The summed E-state index contributed by atoms with van der Waals surface area (Å²) in [5.74, 6) is -2.26. The number of halogens is 1. The Kier molecular flexibility index (Phi) is 7.68. The third-order valence-electron chi connectivity index (χ3n) is 4.70. The molecule has 0 radical (unpaired) electrons. The number of amides is 3. The van der Waals surface area contributed by atoms with Crippen molar-refractivity contribution >= 4 is 18.2 Å². The van der Waals surface area contributed by atoms with E-state index < -0.39 is 23.7 Å². The summed E-state index contributed by atoms with van der Waals surface area (Å²) in [6.45, 7) is 2.18. The zero-order valence-electron chi connectivity index (χ0n) is 15.7. The van der Waals surface area contributed by atoms with Crippen molar-refractivity contribution in [2.45, 2.75) is 45.1 Å². The van der Waals surface area contributed by atoms with E-state index in [0.717, 1.165) is 31.2 Å². The number of carbonyl (C=O) groups is 3. The summed E-state index contributed by atoms with van der Waals surface area (Å²) < 4.78 is 13.5. The lowest BCUT2D eigenvalue weighted by Crippen LogP contribution is -2.46. The summed E-state index contributed by atoms with van der Waals surface area (Å²) in [5, 5.41) is 19.6. The Morgan fingerprint density at radius 2 is 2.21 bits per heavy atom. The van der Waals surface area contributed by atoms with Crippen molar-refractivity contribution in [1.29, 1.82) is 0 Å². The highest BCUT2D eigenvalue weighted by Gasteiger charge is 2.37. The zero-order chi connectivity index (χ0) is 20.7. The molecule has 1 unspecified atom stereocenters. The van der Waals surface area contributed by atoms with Crippen LogP contribution >= 0.6 is 0 Å². The van der Waals surface area contributed by atoms with Gasteiger partial charge in [0, 0.05) is 6.54 Å². The van der Waals surface area contributed by atoms with Crippen molar-refractivity contribution < 1.29 is 29.2 Å². The Bertz CT molecular complexity index is 781. The van der Waals surface area contributed by atoms with Crippen LogP contribution in [-0.4, -0.2) is 62.5 Å². The van der Waals surface area contributed by atoms with Crippen LogP contribution < -0.4 is 5.49 Å². The van der Waals surface area contributed by atoms with E-state index in [9.17, 15) is 29.2 Å². The van der Waals surface area contributed by atoms with Gasteiger partial charge in [0.05, 0.1) is 18.7 Å². The van der Waals surface area contributed by atoms with Crippen LogP contribution in [0.5, 0.6) is 0 Å². The molecule has 1 saturated heterocycles. The van der Waals surface area contributed by atoms with Crippen LogP contribution in [-0.2, 0) is 14.4 Å². The summed E-state index contributed by atoms with van der Waals surface area (Å²) >= 11 is 0. The van der Waals surface area contributed by atoms with E-state index in [1.54, 1.807) is 0 Å². The molecule has 0 bridgehead atoms. The minimum Gasteiger partial charge on any atom is -0.427 e. The number of hydroxylamine groups is 2. The van der Waals surface area contributed by atoms with E-state index in [-0.39, 0.29) is 24.3 Å². The molecule has 9 nitrogen and oxygen atoms in total. The van der Waals surface area contributed by atoms with E-state index in [4.69, 9.17) is 0 Å². The molecule has 2 heterocycles. The molecule has 2 atom stereocenters. The quantitative estimate of drug-likeness (QED) is 0.294. The van der Waals surface area contributed by atoms with Gasteiger partial charge in [-0.2, -0.15) is 9.72 Å². The molecule has 2 rings (SSSR count). The summed E-state index contributed by atoms with van der Waals surface area (Å²) in [7, 11) is 0. The molecule has 28 heavy (non-hydrogen) atoms. The lowest BCUT2D eigenvalue weighted by molar-refractivity contribution is -0.157. The van der Waals surface area contributed by atoms with E-state index in [1.807, 2.05) is 6.92 Å². The second kappa shape index (κ2) is 9.98. The minimum atomic E-state index is -0.801. The average molecular weight is 396 g/mol. The monoisotopic (exact) mass is 396 g/mol. The number of carbonyl (C=O) groups excluding carboxylic acids is 3. The second-order valence-corrected chi connectivity index (χ2v) is 6.76. The van der Waals surface area contributed by atoms with Crippen LogP contribution in [0.3, 0.4) is 0 Å². The van der Waals surface area contributed by atoms with Crippen molar-refractivity contribution in [3.8, 4) is 0 Å². The van der Waals surface area contributed by atoms with Gasteiger partial charge in [0.15, 0.2) is 5.49 Å². The fraction of sp³-hybridized carbons (Fsp3) is 0.556. The first-order chi connectivity index (χ1) is 13.4. The van der Waals surface area contributed by atoms with Crippen LogP contribution in [0.15, 0.2) is 23.3 Å². The average Bonchev–Trinajstić information content (AvgIpc) is 3.16. The Hall–Kier alpha value is -2.75. The van der Waals surface area contributed by atoms with E-state index in [0.29, 0.717) is 35.6 Å². The predicted octanol–water partition coefficient (Wildman–Crippen LogP) is 0.937. The summed E-state index contributed by atoms with van der Waals surface area (Å²) in [4.78, 5) is 41.5. The number of aromatic nitrogens is 1. The largest absolute Gasteiger partial charge is 0.427 e. The van der Waals surface area contributed by atoms with Crippen molar-refractivity contribution in [3.05, 3.63) is 29.6 Å². The molecule has 1 aliphatic heterocycles. The van der Waals surface area contributed by atoms with Gasteiger partial charge < -0.3 is 10.1 Å². The van der Waals surface area contributed by atoms with Gasteiger partial charge in [-0.15, -0.1) is 0 Å². The van der Waals surface area contributed by atoms with Crippen molar-refractivity contribution in [2.75, 3.05) is 13.1 Å². The molecule has 10 heteroatoms. The first-order valence-corrected chi connectivity index (χ1v) is 9.24. The number of rotatable bonds is 8. The molecule has 1 fully saturated rings. The first kappa shape index (κ1) is 21.5. The number of hydrogen-bond donors (Lipinski definition) is 2. The van der Waals surface area contributed by atoms with E-state index in [2.05, 4.69) is 4.99 Å². The van der Waals surface area contributed by atoms with E-state index >= 15 is 0 Å². The molecule has 1 aromatic rings. The van der Waals surface area contributed by atoms with Crippen LogP contribution in [0.25, 0.3) is 0 Å². The predicted molar refractivity (Wildman–Crippen MR) is 94.5 cm³/mol. The second-order valence-electron chi connectivity index (χ2n) is 6.76. The Morgan fingerprint density at radius 1 is 1.46 bits per heavy atom. The Morgan fingerprint density at radius 3 is 2.86 bits per heavy atom. The molecule has 1 aromatic heterocycles. The minimum absolute atomic E-state index is 0.143. The van der Waals surface area contributed by atoms with Crippen LogP contribution in [0.1, 0.15) is 39.0 Å². The molecule has 0 spiro atoms. The van der Waals surface area contributed by atoms with Crippen molar-refractivity contribution in [3.63, 3.8) is 0 Å². The molecule has 0 aliphatic carbocycles. The maximum atomic E-state index is 13.1. The van der Waals surface area contributed by atoms with Crippen molar-refractivity contribution in [2.24, 2.45) is 10.9 Å². The molecule has 2 N–H and O–H groups in total. The maximum absolute atomic E-state index is 13.1. The third-order valence-corrected chi connectivity index (χ3v) is 4.70. The van der Waals surface area contributed by atoms with Gasteiger partial charge in [-0.1, -0.05) is 19.8 Å². The van der Waals surface area contributed by atoms with Gasteiger partial charge in [0.1, 0.15) is 11.9 Å². The molecule has 154 valence electrons. The van der Waals surface area contributed by atoms with Crippen molar-refractivity contribution in [1.82, 2.24) is 14.7 Å². The van der Waals surface area contributed by atoms with Gasteiger partial charge in [0.25, 0.3) is 5.91 Å². The van der Waals surface area contributed by atoms with Gasteiger partial charge in [-0.25, -0.2) is 9.45 Å². The first-order valence-electron chi connectivity index (χ1n) is 9.24. The molecule has 3 amide bonds. The van der Waals surface area contributed by atoms with Gasteiger partial charge >= 0.3 is 0 Å². The summed E-state index contributed by atoms with van der Waals surface area (Å²) in [6.07, 6.45) is 4.09. The van der Waals surface area contributed by atoms with Gasteiger partial charge in [0.2, 0.25) is 12.3 Å². The highest BCUT2D eigenvalue weighted by atomic mass is 19.1. The highest BCUT2D eigenvalue weighted by molar-refractivity contribution is 5.89. The molecule has 0 saturated carbocycles. The third kappa shape index (κ3) is 5.38. The summed E-state index contributed by atoms with van der Waals surface area (Å²) in [5.41, 5.74) is -0.143. The zero-order valence-corrected chi connectivity index (χ0v) is 15.7. The smallest absolute Gasteiger partial charge is 0.270 e. The fourth-order valence-corrected chi connectivity index (χ4v) is 3.27. The van der Waals surface area contributed by atoms with E-state index in [1.165, 1.54) is 4.90 Å². The summed E-state index contributed by atoms with van der Waals surface area (Å²) in [6, 6.07) is 1.42. The lowest BCUT2D eigenvalue weighted by Gasteiger charge is -2.28. The van der Waals surface area contributed by atoms with Gasteiger partial charge in [-0.3, -0.25) is 19.6 Å². The number of unbranched alkanes of at least 4 members (excludes halogenated alkanes) is 1. The molecule has 0 aromatic carbocycles. The molecular weight excluding hydrogens is 371 g/mol. The van der Waals surface area contributed by atoms with Crippen LogP contribution in [0, 0.1) is 11.7 Å². The van der Waals surface area contributed by atoms with Gasteiger partial charge in [-0.05, 0) is 31.4 Å². The number of pyridine rings is 1. The normalized spacial score (nSPS) is 18.2. The maximum Gasteiger partial charge on any atom is 0.270 e. The standard InChI is InChI=1S/C18H25FN4O5/c1-2-3-5-13(10-21(27)12-24)18(26)22-9-4-6-15(22)17(25)20-16-8-7-14(19)11-23(16)28/h7-8,11-13,15,27-28H,2-6,9-10H2,1H3/t13-,15?/m1/s1. The number of likely N-dealkylation sites (tertiary alicyclic amines) is 1. The lowest BCUT2D eigenvalue weighted by atomic mass is 9.99. The number of nitrogens with zero attached hydrogens (tertiary/aromatic N) is 4. The topological polar surface area (TPSA) is 115 Å². The molecular formula is C18H25FN4O5.